The van der Waals surface area contributed by atoms with E-state index in [1.54, 1.807) is 0 Å². The zero-order valence-electron chi connectivity index (χ0n) is 26.9. The summed E-state index contributed by atoms with van der Waals surface area (Å²) in [6.45, 7) is 0. The van der Waals surface area contributed by atoms with Gasteiger partial charge in [-0.1, -0.05) is 133 Å². The first kappa shape index (κ1) is 29.0. The molecule has 0 radical (unpaired) electrons. The lowest BCUT2D eigenvalue weighted by molar-refractivity contribution is 0.443. The lowest BCUT2D eigenvalue weighted by atomic mass is 9.95. The highest BCUT2D eigenvalue weighted by Crippen LogP contribution is 2.39. The average Bonchev–Trinajstić information content (AvgIpc) is 3.54. The molecule has 0 fully saturated rings. The summed E-state index contributed by atoms with van der Waals surface area (Å²) < 4.78 is 2.40. The van der Waals surface area contributed by atoms with Gasteiger partial charge in [0.1, 0.15) is 6.17 Å². The first-order valence-electron chi connectivity index (χ1n) is 16.8. The molecule has 0 bridgehead atoms. The third-order valence-corrected chi connectivity index (χ3v) is 9.61. The van der Waals surface area contributed by atoms with E-state index in [2.05, 4.69) is 178 Å². The van der Waals surface area contributed by atoms with Gasteiger partial charge in [-0.15, -0.1) is 0 Å². The fraction of sp³-hybridized carbons (Fsp3) is 0.0444. The minimum absolute atomic E-state index is 0.0157. The second-order valence-electron chi connectivity index (χ2n) is 12.5. The van der Waals surface area contributed by atoms with Gasteiger partial charge in [-0.05, 0) is 69.8 Å². The van der Waals surface area contributed by atoms with E-state index in [-0.39, 0.29) is 12.2 Å². The molecule has 3 heterocycles. The van der Waals surface area contributed by atoms with Gasteiger partial charge in [0.2, 0.25) is 0 Å². The molecule has 6 aromatic carbocycles. The van der Waals surface area contributed by atoms with Crippen LogP contribution < -0.4 is 10.6 Å². The van der Waals surface area contributed by atoms with Crippen molar-refractivity contribution in [1.29, 1.82) is 0 Å². The standard InChI is InChI=1S/C45H34N4/c1-3-10-36(11-4-1)45-47-41(34-22-18-31(19-23-34)32-26-28-46-29-27-32)30-42(48-45)35-24-20-33(21-25-35)38-15-9-16-40-39-14-7-8-17-43(39)49(44(38)40)37-12-5-2-6-13-37/h1-30,42,45,47-48H. The van der Waals surface area contributed by atoms with Crippen molar-refractivity contribution in [3.8, 4) is 27.9 Å². The Morgan fingerprint density at radius 3 is 1.90 bits per heavy atom. The van der Waals surface area contributed by atoms with Gasteiger partial charge in [-0.25, -0.2) is 0 Å². The highest BCUT2D eigenvalue weighted by Gasteiger charge is 2.24. The van der Waals surface area contributed by atoms with Crippen molar-refractivity contribution < 1.29 is 0 Å². The summed E-state index contributed by atoms with van der Waals surface area (Å²) in [5.74, 6) is 0. The first-order chi connectivity index (χ1) is 24.3. The molecular weight excluding hydrogens is 597 g/mol. The zero-order chi connectivity index (χ0) is 32.6. The van der Waals surface area contributed by atoms with Crippen LogP contribution in [0.4, 0.5) is 0 Å². The molecule has 0 saturated heterocycles. The fourth-order valence-corrected chi connectivity index (χ4v) is 7.19. The molecule has 234 valence electrons. The van der Waals surface area contributed by atoms with E-state index in [0.29, 0.717) is 0 Å². The SMILES string of the molecule is C1=C(c2ccc(-c3ccncc3)cc2)NC(c2ccccc2)NC1c1ccc(-c2cccc3c4ccccc4n(-c4ccccc4)c23)cc1. The number of pyridine rings is 1. The van der Waals surface area contributed by atoms with Crippen LogP contribution in [0, 0.1) is 0 Å². The molecule has 2 atom stereocenters. The molecule has 4 nitrogen and oxygen atoms in total. The summed E-state index contributed by atoms with van der Waals surface area (Å²) in [6.07, 6.45) is 5.94. The molecule has 1 aliphatic heterocycles. The zero-order valence-corrected chi connectivity index (χ0v) is 26.9. The predicted octanol–water partition coefficient (Wildman–Crippen LogP) is 10.5. The number of hydrogen-bond acceptors (Lipinski definition) is 3. The summed E-state index contributed by atoms with van der Waals surface area (Å²) in [6, 6.07) is 58.6. The van der Waals surface area contributed by atoms with Gasteiger partial charge < -0.3 is 9.88 Å². The van der Waals surface area contributed by atoms with Crippen molar-refractivity contribution >= 4 is 27.5 Å². The Morgan fingerprint density at radius 2 is 1.12 bits per heavy atom. The molecule has 2 unspecified atom stereocenters. The maximum absolute atomic E-state index is 4.17. The van der Waals surface area contributed by atoms with Crippen LogP contribution in [0.15, 0.2) is 182 Å². The lowest BCUT2D eigenvalue weighted by Crippen LogP contribution is -2.39. The molecule has 1 aliphatic rings. The molecule has 49 heavy (non-hydrogen) atoms. The van der Waals surface area contributed by atoms with Crippen LogP contribution in [0.3, 0.4) is 0 Å². The average molecular weight is 631 g/mol. The van der Waals surface area contributed by atoms with Gasteiger partial charge in [0.25, 0.3) is 0 Å². The minimum Gasteiger partial charge on any atom is -0.366 e. The van der Waals surface area contributed by atoms with Gasteiger partial charge in [0.05, 0.1) is 17.1 Å². The normalized spacial score (nSPS) is 16.0. The van der Waals surface area contributed by atoms with Crippen molar-refractivity contribution in [2.75, 3.05) is 0 Å². The van der Waals surface area contributed by atoms with Crippen LogP contribution in [0.2, 0.25) is 0 Å². The lowest BCUT2D eigenvalue weighted by Gasteiger charge is -2.33. The van der Waals surface area contributed by atoms with Crippen molar-refractivity contribution in [2.24, 2.45) is 0 Å². The maximum atomic E-state index is 4.17. The van der Waals surface area contributed by atoms with E-state index in [9.17, 15) is 0 Å². The smallest absolute Gasteiger partial charge is 0.104 e. The summed E-state index contributed by atoms with van der Waals surface area (Å²) in [5.41, 5.74) is 13.0. The van der Waals surface area contributed by atoms with E-state index in [1.165, 1.54) is 49.6 Å². The number of aromatic nitrogens is 2. The molecule has 0 amide bonds. The molecule has 0 aliphatic carbocycles. The summed E-state index contributed by atoms with van der Waals surface area (Å²) in [4.78, 5) is 4.17. The number of para-hydroxylation sites is 3. The highest BCUT2D eigenvalue weighted by atomic mass is 15.2. The van der Waals surface area contributed by atoms with Crippen molar-refractivity contribution in [3.63, 3.8) is 0 Å². The Hall–Kier alpha value is -6.23. The Labute approximate surface area is 286 Å². The number of fused-ring (bicyclic) bond motifs is 3. The first-order valence-corrected chi connectivity index (χ1v) is 16.8. The minimum atomic E-state index is -0.0407. The maximum Gasteiger partial charge on any atom is 0.104 e. The van der Waals surface area contributed by atoms with Crippen molar-refractivity contribution in [3.05, 3.63) is 199 Å². The molecule has 2 aromatic heterocycles. The van der Waals surface area contributed by atoms with Crippen LogP contribution in [-0.2, 0) is 0 Å². The molecular formula is C45H34N4. The quantitative estimate of drug-likeness (QED) is 0.192. The second-order valence-corrected chi connectivity index (χ2v) is 12.5. The number of rotatable bonds is 6. The monoisotopic (exact) mass is 630 g/mol. The van der Waals surface area contributed by atoms with Crippen LogP contribution in [0.1, 0.15) is 28.9 Å². The van der Waals surface area contributed by atoms with Crippen LogP contribution >= 0.6 is 0 Å². The summed E-state index contributed by atoms with van der Waals surface area (Å²) >= 11 is 0. The van der Waals surface area contributed by atoms with Crippen molar-refractivity contribution in [1.82, 2.24) is 20.2 Å². The van der Waals surface area contributed by atoms with Crippen LogP contribution in [0.25, 0.3) is 55.4 Å². The third-order valence-electron chi connectivity index (χ3n) is 9.61. The molecule has 4 heteroatoms. The number of hydrogen-bond donors (Lipinski definition) is 2. The van der Waals surface area contributed by atoms with E-state index in [1.807, 2.05) is 24.5 Å². The van der Waals surface area contributed by atoms with Crippen molar-refractivity contribution in [2.45, 2.75) is 12.2 Å². The van der Waals surface area contributed by atoms with E-state index in [0.717, 1.165) is 22.5 Å². The van der Waals surface area contributed by atoms with Gasteiger partial charge >= 0.3 is 0 Å². The molecule has 2 N–H and O–H groups in total. The Morgan fingerprint density at radius 1 is 0.490 bits per heavy atom. The Balaban J connectivity index is 1.10. The largest absolute Gasteiger partial charge is 0.366 e. The Kier molecular flexibility index (Phi) is 7.34. The van der Waals surface area contributed by atoms with Crippen LogP contribution in [0.5, 0.6) is 0 Å². The summed E-state index contributed by atoms with van der Waals surface area (Å²) in [7, 11) is 0. The predicted molar refractivity (Wildman–Crippen MR) is 202 cm³/mol. The fourth-order valence-electron chi connectivity index (χ4n) is 7.19. The molecule has 8 aromatic rings. The highest BCUT2D eigenvalue weighted by molar-refractivity contribution is 6.13. The van der Waals surface area contributed by atoms with Gasteiger partial charge in [-0.2, -0.15) is 0 Å². The second kappa shape index (κ2) is 12.4. The number of nitrogens with one attached hydrogen (secondary N) is 2. The number of benzene rings is 6. The molecule has 9 rings (SSSR count). The van der Waals surface area contributed by atoms with E-state index < -0.39 is 0 Å². The Bertz CT molecular complexity index is 2410. The molecule has 0 spiro atoms. The summed E-state index contributed by atoms with van der Waals surface area (Å²) in [5, 5.41) is 10.2. The van der Waals surface area contributed by atoms with E-state index in [4.69, 9.17) is 0 Å². The van der Waals surface area contributed by atoms with Gasteiger partial charge in [0, 0.05) is 40.1 Å². The molecule has 0 saturated carbocycles. The van der Waals surface area contributed by atoms with Crippen LogP contribution in [-0.4, -0.2) is 9.55 Å². The van der Waals surface area contributed by atoms with Gasteiger partial charge in [0.15, 0.2) is 0 Å². The number of nitrogens with zero attached hydrogens (tertiary/aromatic N) is 2. The third kappa shape index (κ3) is 5.38. The van der Waals surface area contributed by atoms with Gasteiger partial charge in [-0.3, -0.25) is 10.3 Å². The van der Waals surface area contributed by atoms with E-state index >= 15 is 0 Å². The topological polar surface area (TPSA) is 41.9 Å².